The van der Waals surface area contributed by atoms with Crippen molar-refractivity contribution in [3.05, 3.63) is 23.8 Å². The number of rotatable bonds is 3. The zero-order chi connectivity index (χ0) is 17.6. The first-order chi connectivity index (χ1) is 11.2. The Morgan fingerprint density at radius 2 is 1.83 bits per heavy atom. The van der Waals surface area contributed by atoms with Crippen molar-refractivity contribution in [2.45, 2.75) is 38.7 Å². The normalized spacial score (nSPS) is 31.8. The van der Waals surface area contributed by atoms with E-state index < -0.39 is 23.4 Å². The van der Waals surface area contributed by atoms with Crippen LogP contribution in [0.15, 0.2) is 18.2 Å². The molecule has 128 valence electrons. The molecule has 0 saturated heterocycles. The zero-order valence-corrected chi connectivity index (χ0v) is 13.9. The Kier molecular flexibility index (Phi) is 3.95. The SMILES string of the molecule is CC(=O)[C@H]1C(=O)C[C@](C)(O)[C@H](C(C)=O)[C@@H]1c1ccc2c(c1)OCO2. The molecule has 6 heteroatoms. The van der Waals surface area contributed by atoms with Crippen molar-refractivity contribution >= 4 is 17.3 Å². The van der Waals surface area contributed by atoms with E-state index in [2.05, 4.69) is 0 Å². The lowest BCUT2D eigenvalue weighted by molar-refractivity contribution is -0.151. The fourth-order valence-corrected chi connectivity index (χ4v) is 4.03. The van der Waals surface area contributed by atoms with Crippen LogP contribution in [0.5, 0.6) is 11.5 Å². The number of aliphatic hydroxyl groups is 1. The van der Waals surface area contributed by atoms with E-state index in [1.807, 2.05) is 0 Å². The molecule has 0 spiro atoms. The molecule has 4 atom stereocenters. The van der Waals surface area contributed by atoms with E-state index in [-0.39, 0.29) is 30.6 Å². The van der Waals surface area contributed by atoms with Gasteiger partial charge < -0.3 is 14.6 Å². The monoisotopic (exact) mass is 332 g/mol. The van der Waals surface area contributed by atoms with Crippen LogP contribution in [0.4, 0.5) is 0 Å². The van der Waals surface area contributed by atoms with E-state index in [1.165, 1.54) is 20.8 Å². The Morgan fingerprint density at radius 3 is 2.46 bits per heavy atom. The maximum Gasteiger partial charge on any atom is 0.231 e. The smallest absolute Gasteiger partial charge is 0.231 e. The van der Waals surface area contributed by atoms with Crippen LogP contribution in [-0.4, -0.2) is 34.9 Å². The van der Waals surface area contributed by atoms with Crippen LogP contribution in [0.2, 0.25) is 0 Å². The molecule has 0 unspecified atom stereocenters. The van der Waals surface area contributed by atoms with Gasteiger partial charge in [0, 0.05) is 12.3 Å². The van der Waals surface area contributed by atoms with Crippen molar-refractivity contribution in [2.24, 2.45) is 11.8 Å². The van der Waals surface area contributed by atoms with E-state index >= 15 is 0 Å². The third kappa shape index (κ3) is 2.60. The molecule has 1 saturated carbocycles. The molecule has 1 aliphatic heterocycles. The van der Waals surface area contributed by atoms with Gasteiger partial charge in [-0.2, -0.15) is 0 Å². The van der Waals surface area contributed by atoms with Gasteiger partial charge in [0.05, 0.1) is 17.4 Å². The molecule has 24 heavy (non-hydrogen) atoms. The molecular weight excluding hydrogens is 312 g/mol. The van der Waals surface area contributed by atoms with Crippen LogP contribution in [0.25, 0.3) is 0 Å². The van der Waals surface area contributed by atoms with E-state index in [4.69, 9.17) is 9.47 Å². The number of fused-ring (bicyclic) bond motifs is 1. The largest absolute Gasteiger partial charge is 0.454 e. The molecule has 0 bridgehead atoms. The third-order valence-electron chi connectivity index (χ3n) is 4.92. The Bertz CT molecular complexity index is 720. The van der Waals surface area contributed by atoms with E-state index in [1.54, 1.807) is 18.2 Å². The second kappa shape index (κ2) is 5.70. The van der Waals surface area contributed by atoms with Crippen LogP contribution >= 0.6 is 0 Å². The average molecular weight is 332 g/mol. The quantitative estimate of drug-likeness (QED) is 0.846. The molecule has 1 N–H and O–H groups in total. The predicted octanol–water partition coefficient (Wildman–Crippen LogP) is 1.63. The molecule has 6 nitrogen and oxygen atoms in total. The first-order valence-corrected chi connectivity index (χ1v) is 7.88. The predicted molar refractivity (Wildman–Crippen MR) is 83.9 cm³/mol. The fraction of sp³-hybridized carbons (Fsp3) is 0.500. The van der Waals surface area contributed by atoms with Crippen LogP contribution in [-0.2, 0) is 14.4 Å². The number of Topliss-reactive ketones (excluding diaryl/α,β-unsaturated/α-hetero) is 3. The number of hydrogen-bond acceptors (Lipinski definition) is 6. The molecule has 2 aliphatic rings. The molecule has 0 aromatic heterocycles. The van der Waals surface area contributed by atoms with Crippen molar-refractivity contribution in [3.63, 3.8) is 0 Å². The molecular formula is C18H20O6. The van der Waals surface area contributed by atoms with E-state index in [0.29, 0.717) is 17.1 Å². The lowest BCUT2D eigenvalue weighted by atomic mass is 9.60. The number of ketones is 3. The topological polar surface area (TPSA) is 89.9 Å². The Morgan fingerprint density at radius 1 is 1.17 bits per heavy atom. The van der Waals surface area contributed by atoms with Gasteiger partial charge in [0.2, 0.25) is 6.79 Å². The highest BCUT2D eigenvalue weighted by Gasteiger charge is 2.53. The van der Waals surface area contributed by atoms with Crippen molar-refractivity contribution in [2.75, 3.05) is 6.79 Å². The summed E-state index contributed by atoms with van der Waals surface area (Å²) < 4.78 is 10.6. The molecule has 1 aromatic rings. The van der Waals surface area contributed by atoms with Crippen molar-refractivity contribution in [1.29, 1.82) is 0 Å². The molecule has 1 heterocycles. The minimum absolute atomic E-state index is 0.104. The second-order valence-corrected chi connectivity index (χ2v) is 6.82. The van der Waals surface area contributed by atoms with Crippen LogP contribution in [0.1, 0.15) is 38.7 Å². The van der Waals surface area contributed by atoms with Gasteiger partial charge in [0.25, 0.3) is 0 Å². The van der Waals surface area contributed by atoms with Gasteiger partial charge in [0.1, 0.15) is 17.3 Å². The van der Waals surface area contributed by atoms with Gasteiger partial charge in [-0.05, 0) is 38.5 Å². The number of hydrogen-bond donors (Lipinski definition) is 1. The lowest BCUT2D eigenvalue weighted by Gasteiger charge is -2.44. The molecule has 1 fully saturated rings. The summed E-state index contributed by atoms with van der Waals surface area (Å²) in [6, 6.07) is 5.10. The van der Waals surface area contributed by atoms with Gasteiger partial charge in [-0.1, -0.05) is 6.07 Å². The van der Waals surface area contributed by atoms with Crippen LogP contribution < -0.4 is 9.47 Å². The number of benzene rings is 1. The minimum atomic E-state index is -1.49. The highest BCUT2D eigenvalue weighted by atomic mass is 16.7. The Labute approximate surface area is 139 Å². The Hall–Kier alpha value is -2.21. The average Bonchev–Trinajstić information content (AvgIpc) is 2.91. The first-order valence-electron chi connectivity index (χ1n) is 7.88. The maximum atomic E-state index is 12.5. The van der Waals surface area contributed by atoms with Gasteiger partial charge in [0.15, 0.2) is 11.5 Å². The van der Waals surface area contributed by atoms with Crippen molar-refractivity contribution in [3.8, 4) is 11.5 Å². The van der Waals surface area contributed by atoms with Gasteiger partial charge in [-0.25, -0.2) is 0 Å². The summed E-state index contributed by atoms with van der Waals surface area (Å²) in [5.74, 6) is -2.31. The summed E-state index contributed by atoms with van der Waals surface area (Å²) in [5, 5.41) is 10.7. The Balaban J connectivity index is 2.14. The van der Waals surface area contributed by atoms with Gasteiger partial charge in [-0.3, -0.25) is 14.4 Å². The van der Waals surface area contributed by atoms with E-state index in [0.717, 1.165) is 0 Å². The van der Waals surface area contributed by atoms with Crippen molar-refractivity contribution in [1.82, 2.24) is 0 Å². The van der Waals surface area contributed by atoms with Crippen molar-refractivity contribution < 1.29 is 29.0 Å². The first kappa shape index (κ1) is 16.6. The summed E-state index contributed by atoms with van der Waals surface area (Å²) in [6.07, 6.45) is -0.206. The summed E-state index contributed by atoms with van der Waals surface area (Å²) in [7, 11) is 0. The fourth-order valence-electron chi connectivity index (χ4n) is 4.03. The molecule has 0 amide bonds. The standard InChI is InChI=1S/C18H20O6/c1-9(19)15-12(21)7-18(3,22)17(10(2)20)16(15)11-4-5-13-14(6-11)24-8-23-13/h4-6,15-17,22H,7-8H2,1-3H3/t15-,16+,17+,18-/m0/s1. The van der Waals surface area contributed by atoms with Gasteiger partial charge >= 0.3 is 0 Å². The maximum absolute atomic E-state index is 12.5. The third-order valence-corrected chi connectivity index (χ3v) is 4.92. The molecule has 1 aliphatic carbocycles. The second-order valence-electron chi connectivity index (χ2n) is 6.82. The number of carbonyl (C=O) groups is 3. The summed E-state index contributed by atoms with van der Waals surface area (Å²) in [6.45, 7) is 4.31. The number of ether oxygens (including phenoxy) is 2. The summed E-state index contributed by atoms with van der Waals surface area (Å²) in [5.41, 5.74) is -0.872. The lowest BCUT2D eigenvalue weighted by Crippen LogP contribution is -2.53. The zero-order valence-electron chi connectivity index (χ0n) is 13.9. The summed E-state index contributed by atoms with van der Waals surface area (Å²) in [4.78, 5) is 36.9. The molecule has 1 aromatic carbocycles. The summed E-state index contributed by atoms with van der Waals surface area (Å²) >= 11 is 0. The minimum Gasteiger partial charge on any atom is -0.454 e. The molecule has 3 rings (SSSR count). The van der Waals surface area contributed by atoms with E-state index in [9.17, 15) is 19.5 Å². The highest BCUT2D eigenvalue weighted by molar-refractivity contribution is 6.05. The van der Waals surface area contributed by atoms with Gasteiger partial charge in [-0.15, -0.1) is 0 Å². The highest BCUT2D eigenvalue weighted by Crippen LogP contribution is 2.48. The van der Waals surface area contributed by atoms with Crippen LogP contribution in [0.3, 0.4) is 0 Å². The van der Waals surface area contributed by atoms with Crippen LogP contribution in [0, 0.1) is 11.8 Å². The number of carbonyl (C=O) groups excluding carboxylic acids is 3. The molecule has 0 radical (unpaired) electrons.